The van der Waals surface area contributed by atoms with Gasteiger partial charge in [0.25, 0.3) is 0 Å². The zero-order chi connectivity index (χ0) is 12.6. The molecule has 2 aromatic rings. The smallest absolute Gasteiger partial charge is 0.304 e. The van der Waals surface area contributed by atoms with Crippen LogP contribution in [0.1, 0.15) is 31.2 Å². The third kappa shape index (κ3) is 1.69. The minimum Gasteiger partial charge on any atom is -0.481 e. The number of hydrogen-bond acceptors (Lipinski definition) is 1. The Morgan fingerprint density at radius 3 is 2.50 bits per heavy atom. The number of aliphatic carboxylic acids is 1. The minimum absolute atomic E-state index is 0.132. The second-order valence-electron chi connectivity index (χ2n) is 5.23. The molecule has 2 aromatic carbocycles. The molecule has 1 fully saturated rings. The lowest BCUT2D eigenvalue weighted by Gasteiger charge is -2.42. The van der Waals surface area contributed by atoms with E-state index in [1.165, 1.54) is 16.3 Å². The van der Waals surface area contributed by atoms with E-state index in [4.69, 9.17) is 5.11 Å². The van der Waals surface area contributed by atoms with Crippen LogP contribution in [0.3, 0.4) is 0 Å². The molecule has 2 nitrogen and oxygen atoms in total. The SMILES string of the molecule is O=C(O)CC1(c2cccc3ccccc23)CCC1. The Bertz CT molecular complexity index is 592. The van der Waals surface area contributed by atoms with Crippen molar-refractivity contribution >= 4 is 16.7 Å². The Labute approximate surface area is 106 Å². The molecule has 0 atom stereocenters. The molecule has 0 amide bonds. The van der Waals surface area contributed by atoms with Crippen molar-refractivity contribution in [1.29, 1.82) is 0 Å². The van der Waals surface area contributed by atoms with Crippen LogP contribution in [0.4, 0.5) is 0 Å². The standard InChI is InChI=1S/C16H16O2/c17-15(18)11-16(9-4-10-16)14-8-3-6-12-5-1-2-7-13(12)14/h1-3,5-8H,4,9-11H2,(H,17,18). The molecule has 0 aliphatic heterocycles. The van der Waals surface area contributed by atoms with Crippen LogP contribution >= 0.6 is 0 Å². The van der Waals surface area contributed by atoms with Gasteiger partial charge >= 0.3 is 5.97 Å². The molecular formula is C16H16O2. The zero-order valence-corrected chi connectivity index (χ0v) is 10.2. The molecule has 18 heavy (non-hydrogen) atoms. The molecule has 0 bridgehead atoms. The molecule has 0 aromatic heterocycles. The molecule has 0 radical (unpaired) electrons. The van der Waals surface area contributed by atoms with Crippen LogP contribution in [0.15, 0.2) is 42.5 Å². The summed E-state index contributed by atoms with van der Waals surface area (Å²) < 4.78 is 0. The first-order chi connectivity index (χ1) is 8.71. The van der Waals surface area contributed by atoms with E-state index >= 15 is 0 Å². The molecular weight excluding hydrogens is 224 g/mol. The molecule has 1 aliphatic rings. The molecule has 1 aliphatic carbocycles. The predicted octanol–water partition coefficient (Wildman–Crippen LogP) is 3.74. The number of carboxylic acids is 1. The first kappa shape index (κ1) is 11.3. The van der Waals surface area contributed by atoms with E-state index in [0.29, 0.717) is 0 Å². The van der Waals surface area contributed by atoms with Gasteiger partial charge in [0.05, 0.1) is 6.42 Å². The lowest BCUT2D eigenvalue weighted by molar-refractivity contribution is -0.139. The summed E-state index contributed by atoms with van der Waals surface area (Å²) in [6.07, 6.45) is 3.37. The van der Waals surface area contributed by atoms with E-state index in [1.807, 2.05) is 18.2 Å². The van der Waals surface area contributed by atoms with Gasteiger partial charge in [0.1, 0.15) is 0 Å². The Balaban J connectivity index is 2.15. The van der Waals surface area contributed by atoms with E-state index in [2.05, 4.69) is 24.3 Å². The summed E-state index contributed by atoms with van der Waals surface area (Å²) in [6, 6.07) is 14.5. The fourth-order valence-corrected chi connectivity index (χ4v) is 3.12. The second-order valence-corrected chi connectivity index (χ2v) is 5.23. The van der Waals surface area contributed by atoms with Gasteiger partial charge in [0.2, 0.25) is 0 Å². The fraction of sp³-hybridized carbons (Fsp3) is 0.312. The quantitative estimate of drug-likeness (QED) is 0.887. The van der Waals surface area contributed by atoms with Crippen molar-refractivity contribution in [2.45, 2.75) is 31.1 Å². The van der Waals surface area contributed by atoms with Gasteiger partial charge in [-0.1, -0.05) is 48.9 Å². The molecule has 2 heteroatoms. The lowest BCUT2D eigenvalue weighted by atomic mass is 9.61. The van der Waals surface area contributed by atoms with E-state index in [0.717, 1.165) is 19.3 Å². The fourth-order valence-electron chi connectivity index (χ4n) is 3.12. The maximum atomic E-state index is 11.1. The molecule has 0 saturated heterocycles. The third-order valence-electron chi connectivity index (χ3n) is 4.16. The maximum Gasteiger partial charge on any atom is 0.304 e. The summed E-state index contributed by atoms with van der Waals surface area (Å²) in [6.45, 7) is 0. The Hall–Kier alpha value is -1.83. The van der Waals surface area contributed by atoms with Crippen LogP contribution in [0.25, 0.3) is 10.8 Å². The summed E-state index contributed by atoms with van der Waals surface area (Å²) in [7, 11) is 0. The van der Waals surface area contributed by atoms with E-state index < -0.39 is 5.97 Å². The van der Waals surface area contributed by atoms with Gasteiger partial charge < -0.3 is 5.11 Å². The highest BCUT2D eigenvalue weighted by Gasteiger charge is 2.41. The summed E-state index contributed by atoms with van der Waals surface area (Å²) in [5, 5.41) is 11.6. The predicted molar refractivity (Wildman–Crippen MR) is 71.7 cm³/mol. The van der Waals surface area contributed by atoms with Crippen molar-refractivity contribution in [1.82, 2.24) is 0 Å². The summed E-state index contributed by atoms with van der Waals surface area (Å²) >= 11 is 0. The summed E-state index contributed by atoms with van der Waals surface area (Å²) in [5.41, 5.74) is 1.08. The van der Waals surface area contributed by atoms with Gasteiger partial charge in [0.15, 0.2) is 0 Å². The largest absolute Gasteiger partial charge is 0.481 e. The number of hydrogen-bond donors (Lipinski definition) is 1. The van der Waals surface area contributed by atoms with E-state index in [1.54, 1.807) is 0 Å². The van der Waals surface area contributed by atoms with Gasteiger partial charge in [-0.05, 0) is 29.2 Å². The molecule has 0 spiro atoms. The first-order valence-electron chi connectivity index (χ1n) is 6.41. The highest BCUT2D eigenvalue weighted by molar-refractivity contribution is 5.87. The number of carbonyl (C=O) groups is 1. The molecule has 0 unspecified atom stereocenters. The van der Waals surface area contributed by atoms with Gasteiger partial charge in [-0.25, -0.2) is 0 Å². The van der Waals surface area contributed by atoms with E-state index in [9.17, 15) is 4.79 Å². The van der Waals surface area contributed by atoms with E-state index in [-0.39, 0.29) is 11.8 Å². The second kappa shape index (κ2) is 4.13. The Morgan fingerprint density at radius 2 is 1.83 bits per heavy atom. The van der Waals surface area contributed by atoms with Crippen LogP contribution in [0, 0.1) is 0 Å². The first-order valence-corrected chi connectivity index (χ1v) is 6.41. The van der Waals surface area contributed by atoms with Gasteiger partial charge in [-0.2, -0.15) is 0 Å². The van der Waals surface area contributed by atoms with Gasteiger partial charge in [-0.3, -0.25) is 4.79 Å². The highest BCUT2D eigenvalue weighted by atomic mass is 16.4. The van der Waals surface area contributed by atoms with Crippen LogP contribution in [0.2, 0.25) is 0 Å². The topological polar surface area (TPSA) is 37.3 Å². The number of fused-ring (bicyclic) bond motifs is 1. The summed E-state index contributed by atoms with van der Waals surface area (Å²) in [5.74, 6) is -0.692. The van der Waals surface area contributed by atoms with Crippen molar-refractivity contribution in [2.24, 2.45) is 0 Å². The van der Waals surface area contributed by atoms with Crippen molar-refractivity contribution in [3.8, 4) is 0 Å². The monoisotopic (exact) mass is 240 g/mol. The van der Waals surface area contributed by atoms with Crippen LogP contribution < -0.4 is 0 Å². The van der Waals surface area contributed by atoms with Crippen LogP contribution in [-0.2, 0) is 10.2 Å². The third-order valence-corrected chi connectivity index (χ3v) is 4.16. The molecule has 1 N–H and O–H groups in total. The molecule has 92 valence electrons. The van der Waals surface area contributed by atoms with Crippen molar-refractivity contribution < 1.29 is 9.90 Å². The summed E-state index contributed by atoms with van der Waals surface area (Å²) in [4.78, 5) is 11.1. The minimum atomic E-state index is -0.692. The van der Waals surface area contributed by atoms with Crippen molar-refractivity contribution in [3.63, 3.8) is 0 Å². The number of rotatable bonds is 3. The van der Waals surface area contributed by atoms with Crippen molar-refractivity contribution in [2.75, 3.05) is 0 Å². The normalized spacial score (nSPS) is 17.3. The Morgan fingerprint density at radius 1 is 1.11 bits per heavy atom. The average Bonchev–Trinajstić information content (AvgIpc) is 2.33. The molecule has 1 saturated carbocycles. The lowest BCUT2D eigenvalue weighted by Crippen LogP contribution is -2.36. The van der Waals surface area contributed by atoms with Crippen LogP contribution in [-0.4, -0.2) is 11.1 Å². The molecule has 0 heterocycles. The Kier molecular flexibility index (Phi) is 2.58. The average molecular weight is 240 g/mol. The van der Waals surface area contributed by atoms with Crippen LogP contribution in [0.5, 0.6) is 0 Å². The number of carboxylic acid groups (broad SMARTS) is 1. The molecule has 3 rings (SSSR count). The zero-order valence-electron chi connectivity index (χ0n) is 10.2. The van der Waals surface area contributed by atoms with Crippen molar-refractivity contribution in [3.05, 3.63) is 48.0 Å². The van der Waals surface area contributed by atoms with Gasteiger partial charge in [-0.15, -0.1) is 0 Å². The van der Waals surface area contributed by atoms with Gasteiger partial charge in [0, 0.05) is 5.41 Å². The maximum absolute atomic E-state index is 11.1. The number of benzene rings is 2. The highest BCUT2D eigenvalue weighted by Crippen LogP contribution is 2.48.